The molecule has 0 fully saturated rings. The fraction of sp³-hybridized carbons (Fsp3) is 0.250. The van der Waals surface area contributed by atoms with Gasteiger partial charge in [-0.25, -0.2) is 0 Å². The maximum absolute atomic E-state index is 5.68. The van der Waals surface area contributed by atoms with Crippen LogP contribution in [0.25, 0.3) is 0 Å². The van der Waals surface area contributed by atoms with Gasteiger partial charge in [-0.2, -0.15) is 0 Å². The van der Waals surface area contributed by atoms with E-state index in [9.17, 15) is 0 Å². The molecule has 0 bridgehead atoms. The Morgan fingerprint density at radius 3 is 3.12 bits per heavy atom. The monoisotopic (exact) mass is 234 g/mol. The van der Waals surface area contributed by atoms with E-state index >= 15 is 0 Å². The van der Waals surface area contributed by atoms with Crippen molar-refractivity contribution in [3.8, 4) is 5.75 Å². The Labute approximate surface area is 99.1 Å². The van der Waals surface area contributed by atoms with Crippen LogP contribution in [0.4, 0.5) is 0 Å². The van der Waals surface area contributed by atoms with Crippen molar-refractivity contribution in [3.05, 3.63) is 46.4 Å². The molecule has 0 saturated heterocycles. The van der Waals surface area contributed by atoms with Crippen molar-refractivity contribution in [3.63, 3.8) is 0 Å². The van der Waals surface area contributed by atoms with Crippen LogP contribution in [0.3, 0.4) is 0 Å². The smallest absolute Gasteiger partial charge is 0.124 e. The highest BCUT2D eigenvalue weighted by Crippen LogP contribution is 2.16. The van der Waals surface area contributed by atoms with E-state index in [0.717, 1.165) is 17.2 Å². The van der Waals surface area contributed by atoms with E-state index in [0.29, 0.717) is 6.61 Å². The number of nitrogens with zero attached hydrogens (tertiary/aromatic N) is 1. The van der Waals surface area contributed by atoms with Gasteiger partial charge in [0.1, 0.15) is 12.4 Å². The number of hydrogen-bond acceptors (Lipinski definition) is 4. The van der Waals surface area contributed by atoms with Gasteiger partial charge in [0, 0.05) is 12.7 Å². The molecule has 1 aromatic carbocycles. The number of nitrogens with one attached hydrogen (secondary N) is 1. The lowest BCUT2D eigenvalue weighted by Gasteiger charge is -2.06. The highest BCUT2D eigenvalue weighted by atomic mass is 32.1. The SMILES string of the molecule is CNCc1cccc(OCc2cncs2)c1. The quantitative estimate of drug-likeness (QED) is 0.862. The van der Waals surface area contributed by atoms with Crippen LogP contribution >= 0.6 is 11.3 Å². The normalized spacial score (nSPS) is 10.3. The first-order valence-electron chi connectivity index (χ1n) is 5.12. The van der Waals surface area contributed by atoms with Crippen LogP contribution in [0.2, 0.25) is 0 Å². The molecule has 2 rings (SSSR count). The van der Waals surface area contributed by atoms with E-state index in [4.69, 9.17) is 4.74 Å². The molecule has 16 heavy (non-hydrogen) atoms. The summed E-state index contributed by atoms with van der Waals surface area (Å²) in [6, 6.07) is 8.11. The third-order valence-electron chi connectivity index (χ3n) is 2.14. The van der Waals surface area contributed by atoms with Gasteiger partial charge < -0.3 is 10.1 Å². The highest BCUT2D eigenvalue weighted by Gasteiger charge is 1.98. The van der Waals surface area contributed by atoms with Crippen LogP contribution in [0.5, 0.6) is 5.75 Å². The molecule has 0 aliphatic rings. The Kier molecular flexibility index (Phi) is 3.91. The van der Waals surface area contributed by atoms with Crippen LogP contribution in [0.15, 0.2) is 36.0 Å². The summed E-state index contributed by atoms with van der Waals surface area (Å²) >= 11 is 1.61. The third-order valence-corrected chi connectivity index (χ3v) is 2.90. The first-order valence-corrected chi connectivity index (χ1v) is 6.00. The summed E-state index contributed by atoms with van der Waals surface area (Å²) in [6.45, 7) is 1.45. The summed E-state index contributed by atoms with van der Waals surface area (Å²) < 4.78 is 5.68. The predicted octanol–water partition coefficient (Wildman–Crippen LogP) is 2.44. The van der Waals surface area contributed by atoms with Gasteiger partial charge in [0.15, 0.2) is 0 Å². The summed E-state index contributed by atoms with van der Waals surface area (Å²) in [5, 5.41) is 3.12. The van der Waals surface area contributed by atoms with Crippen LogP contribution in [0.1, 0.15) is 10.4 Å². The second kappa shape index (κ2) is 5.63. The summed E-state index contributed by atoms with van der Waals surface area (Å²) in [5.41, 5.74) is 3.04. The minimum absolute atomic E-state index is 0.591. The fourth-order valence-electron chi connectivity index (χ4n) is 1.42. The Morgan fingerprint density at radius 2 is 2.38 bits per heavy atom. The van der Waals surface area contributed by atoms with Gasteiger partial charge in [-0.3, -0.25) is 4.98 Å². The molecule has 0 unspecified atom stereocenters. The summed E-state index contributed by atoms with van der Waals surface area (Å²) in [5.74, 6) is 0.904. The average molecular weight is 234 g/mol. The van der Waals surface area contributed by atoms with Gasteiger partial charge in [0.2, 0.25) is 0 Å². The van der Waals surface area contributed by atoms with Crippen LogP contribution in [-0.4, -0.2) is 12.0 Å². The van der Waals surface area contributed by atoms with Gasteiger partial charge >= 0.3 is 0 Å². The Balaban J connectivity index is 1.96. The molecule has 0 radical (unpaired) electrons. The number of hydrogen-bond donors (Lipinski definition) is 1. The van der Waals surface area contributed by atoms with E-state index < -0.39 is 0 Å². The Morgan fingerprint density at radius 1 is 1.44 bits per heavy atom. The van der Waals surface area contributed by atoms with Crippen molar-refractivity contribution in [2.45, 2.75) is 13.2 Å². The average Bonchev–Trinajstić information content (AvgIpc) is 2.80. The van der Waals surface area contributed by atoms with Crippen molar-refractivity contribution in [2.75, 3.05) is 7.05 Å². The van der Waals surface area contributed by atoms with Gasteiger partial charge in [0.05, 0.1) is 10.4 Å². The Hall–Kier alpha value is -1.39. The molecule has 3 nitrogen and oxygen atoms in total. The van der Waals surface area contributed by atoms with Crippen molar-refractivity contribution >= 4 is 11.3 Å². The van der Waals surface area contributed by atoms with Gasteiger partial charge in [-0.15, -0.1) is 11.3 Å². The molecule has 0 saturated carbocycles. The molecule has 2 aromatic rings. The van der Waals surface area contributed by atoms with E-state index in [1.54, 1.807) is 11.3 Å². The fourth-order valence-corrected chi connectivity index (χ4v) is 1.92. The largest absolute Gasteiger partial charge is 0.488 e. The minimum atomic E-state index is 0.591. The standard InChI is InChI=1S/C12H14N2OS/c1-13-6-10-3-2-4-11(5-10)15-8-12-7-14-9-16-12/h2-5,7,9,13H,6,8H2,1H3. The van der Waals surface area contributed by atoms with E-state index in [1.165, 1.54) is 5.56 Å². The topological polar surface area (TPSA) is 34.1 Å². The zero-order valence-corrected chi connectivity index (χ0v) is 9.96. The third kappa shape index (κ3) is 3.05. The Bertz CT molecular complexity index is 428. The lowest BCUT2D eigenvalue weighted by Crippen LogP contribution is -2.05. The number of benzene rings is 1. The molecular formula is C12H14N2OS. The molecule has 1 heterocycles. The summed E-state index contributed by atoms with van der Waals surface area (Å²) in [4.78, 5) is 5.15. The molecular weight excluding hydrogens is 220 g/mol. The van der Waals surface area contributed by atoms with Gasteiger partial charge in [0.25, 0.3) is 0 Å². The molecule has 0 aliphatic heterocycles. The lowest BCUT2D eigenvalue weighted by molar-refractivity contribution is 0.309. The van der Waals surface area contributed by atoms with Gasteiger partial charge in [-0.05, 0) is 24.7 Å². The molecule has 4 heteroatoms. The molecule has 0 amide bonds. The number of aromatic nitrogens is 1. The molecule has 0 spiro atoms. The number of rotatable bonds is 5. The first-order chi connectivity index (χ1) is 7.88. The second-order valence-corrected chi connectivity index (χ2v) is 4.41. The zero-order valence-electron chi connectivity index (χ0n) is 9.14. The van der Waals surface area contributed by atoms with Crippen molar-refractivity contribution < 1.29 is 4.74 Å². The molecule has 1 aromatic heterocycles. The number of ether oxygens (including phenoxy) is 1. The van der Waals surface area contributed by atoms with E-state index in [-0.39, 0.29) is 0 Å². The summed E-state index contributed by atoms with van der Waals surface area (Å²) in [7, 11) is 1.94. The van der Waals surface area contributed by atoms with Crippen LogP contribution in [0, 0.1) is 0 Å². The molecule has 0 atom stereocenters. The van der Waals surface area contributed by atoms with E-state index in [2.05, 4.69) is 22.4 Å². The minimum Gasteiger partial charge on any atom is -0.488 e. The lowest BCUT2D eigenvalue weighted by atomic mass is 10.2. The molecule has 84 valence electrons. The van der Waals surface area contributed by atoms with Crippen LogP contribution < -0.4 is 10.1 Å². The summed E-state index contributed by atoms with van der Waals surface area (Å²) in [6.07, 6.45) is 1.84. The maximum Gasteiger partial charge on any atom is 0.124 e. The van der Waals surface area contributed by atoms with Crippen molar-refractivity contribution in [1.29, 1.82) is 0 Å². The van der Waals surface area contributed by atoms with E-state index in [1.807, 2.05) is 30.9 Å². The van der Waals surface area contributed by atoms with Gasteiger partial charge in [-0.1, -0.05) is 12.1 Å². The molecule has 0 aliphatic carbocycles. The van der Waals surface area contributed by atoms with Crippen LogP contribution in [-0.2, 0) is 13.2 Å². The molecule has 1 N–H and O–H groups in total. The highest BCUT2D eigenvalue weighted by molar-refractivity contribution is 7.09. The number of thiazole rings is 1. The maximum atomic E-state index is 5.68. The first kappa shape index (κ1) is 11.1. The second-order valence-electron chi connectivity index (χ2n) is 3.43. The zero-order chi connectivity index (χ0) is 11.2. The van der Waals surface area contributed by atoms with Crippen molar-refractivity contribution in [1.82, 2.24) is 10.3 Å². The predicted molar refractivity (Wildman–Crippen MR) is 65.7 cm³/mol. The van der Waals surface area contributed by atoms with Crippen molar-refractivity contribution in [2.24, 2.45) is 0 Å².